The van der Waals surface area contributed by atoms with Gasteiger partial charge in [-0.15, -0.1) is 11.3 Å². The zero-order chi connectivity index (χ0) is 22.0. The molecule has 158 valence electrons. The fraction of sp³-hybridized carbons (Fsp3) is 0.200. The van der Waals surface area contributed by atoms with E-state index in [1.165, 1.54) is 16.9 Å². The molecule has 5 nitrogen and oxygen atoms in total. The molecule has 0 fully saturated rings. The number of carbonyl (C=O) groups is 1. The Morgan fingerprint density at radius 1 is 1.10 bits per heavy atom. The molecule has 0 saturated heterocycles. The molecular weight excluding hydrogens is 406 g/mol. The van der Waals surface area contributed by atoms with Gasteiger partial charge in [-0.05, 0) is 66.4 Å². The number of methoxy groups -OCH3 is 1. The maximum Gasteiger partial charge on any atom is 0.267 e. The molecule has 0 bridgehead atoms. The summed E-state index contributed by atoms with van der Waals surface area (Å²) in [6.45, 7) is 4.36. The summed E-state index contributed by atoms with van der Waals surface area (Å²) in [5.74, 6) is 1.07. The number of nitrogens with one attached hydrogen (secondary N) is 1. The topological polar surface area (TPSA) is 77.2 Å². The summed E-state index contributed by atoms with van der Waals surface area (Å²) in [7, 11) is 1.64. The minimum atomic E-state index is -0.220. The number of benzene rings is 2. The summed E-state index contributed by atoms with van der Waals surface area (Å²) in [4.78, 5) is 18.8. The van der Waals surface area contributed by atoms with Crippen molar-refractivity contribution in [1.82, 2.24) is 4.98 Å². The number of nitrogens with two attached hydrogens (primary N) is 1. The molecule has 2 heterocycles. The highest BCUT2D eigenvalue weighted by molar-refractivity contribution is 7.21. The number of hydrogen-bond donors (Lipinski definition) is 2. The van der Waals surface area contributed by atoms with E-state index in [1.807, 2.05) is 48.5 Å². The summed E-state index contributed by atoms with van der Waals surface area (Å²) in [6.07, 6.45) is 1.08. The summed E-state index contributed by atoms with van der Waals surface area (Å²) in [5, 5.41) is 3.74. The van der Waals surface area contributed by atoms with Gasteiger partial charge >= 0.3 is 0 Å². The minimum Gasteiger partial charge on any atom is -0.497 e. The molecule has 6 heteroatoms. The van der Waals surface area contributed by atoms with Gasteiger partial charge in [0.15, 0.2) is 0 Å². The molecule has 1 amide bonds. The van der Waals surface area contributed by atoms with Gasteiger partial charge in [-0.25, -0.2) is 4.98 Å². The van der Waals surface area contributed by atoms with Gasteiger partial charge in [0.1, 0.15) is 15.5 Å². The first-order valence-electron chi connectivity index (χ1n) is 10.2. The standard InChI is InChI=1S/C25H25N3O2S/c1-4-15(2)16-5-9-18(10-6-16)27-24(29)23-22(26)20-13-14-21(28-25(20)31-23)17-7-11-19(30-3)12-8-17/h5-15H,4,26H2,1-3H3,(H,27,29)/t15-/m0/s1. The summed E-state index contributed by atoms with van der Waals surface area (Å²) in [6, 6.07) is 19.5. The molecule has 0 unspecified atom stereocenters. The molecule has 0 aliphatic rings. The maximum atomic E-state index is 12.9. The average Bonchev–Trinajstić information content (AvgIpc) is 3.15. The van der Waals surface area contributed by atoms with E-state index in [4.69, 9.17) is 15.5 Å². The van der Waals surface area contributed by atoms with E-state index in [2.05, 4.69) is 31.3 Å². The number of ether oxygens (including phenoxy) is 1. The van der Waals surface area contributed by atoms with Crippen LogP contribution in [0.2, 0.25) is 0 Å². The molecule has 0 aliphatic carbocycles. The van der Waals surface area contributed by atoms with E-state index in [0.717, 1.165) is 39.3 Å². The molecule has 4 rings (SSSR count). The van der Waals surface area contributed by atoms with E-state index < -0.39 is 0 Å². The number of aromatic nitrogens is 1. The molecule has 1 atom stereocenters. The van der Waals surface area contributed by atoms with Crippen LogP contribution in [0.5, 0.6) is 5.75 Å². The monoisotopic (exact) mass is 431 g/mol. The van der Waals surface area contributed by atoms with Gasteiger partial charge in [-0.2, -0.15) is 0 Å². The second kappa shape index (κ2) is 8.78. The quantitative estimate of drug-likeness (QED) is 0.374. The van der Waals surface area contributed by atoms with Crippen LogP contribution in [0.25, 0.3) is 21.5 Å². The van der Waals surface area contributed by atoms with E-state index in [1.54, 1.807) is 7.11 Å². The SMILES string of the molecule is CC[C@H](C)c1ccc(NC(=O)c2sc3nc(-c4ccc(OC)cc4)ccc3c2N)cc1. The van der Waals surface area contributed by atoms with Crippen molar-refractivity contribution in [2.24, 2.45) is 0 Å². The van der Waals surface area contributed by atoms with Crippen LogP contribution in [0.4, 0.5) is 11.4 Å². The lowest BCUT2D eigenvalue weighted by molar-refractivity contribution is 0.103. The second-order valence-electron chi connectivity index (χ2n) is 7.51. The van der Waals surface area contributed by atoms with Crippen LogP contribution >= 0.6 is 11.3 Å². The van der Waals surface area contributed by atoms with Crippen LogP contribution in [-0.2, 0) is 0 Å². The van der Waals surface area contributed by atoms with Gasteiger partial charge in [0.25, 0.3) is 5.91 Å². The van der Waals surface area contributed by atoms with Crippen LogP contribution in [-0.4, -0.2) is 18.0 Å². The summed E-state index contributed by atoms with van der Waals surface area (Å²) < 4.78 is 5.21. The van der Waals surface area contributed by atoms with Crippen molar-refractivity contribution in [1.29, 1.82) is 0 Å². The van der Waals surface area contributed by atoms with E-state index >= 15 is 0 Å². The smallest absolute Gasteiger partial charge is 0.267 e. The third-order valence-corrected chi connectivity index (χ3v) is 6.65. The molecular formula is C25H25N3O2S. The van der Waals surface area contributed by atoms with E-state index in [-0.39, 0.29) is 5.91 Å². The second-order valence-corrected chi connectivity index (χ2v) is 8.51. The Morgan fingerprint density at radius 2 is 1.81 bits per heavy atom. The highest BCUT2D eigenvalue weighted by atomic mass is 32.1. The minimum absolute atomic E-state index is 0.220. The van der Waals surface area contributed by atoms with Crippen molar-refractivity contribution in [3.8, 4) is 17.0 Å². The third kappa shape index (κ3) is 4.25. The first-order valence-corrected chi connectivity index (χ1v) is 11.1. The molecule has 31 heavy (non-hydrogen) atoms. The first kappa shape index (κ1) is 20.9. The number of amides is 1. The Kier molecular flexibility index (Phi) is 5.91. The van der Waals surface area contributed by atoms with E-state index in [9.17, 15) is 4.79 Å². The van der Waals surface area contributed by atoms with E-state index in [0.29, 0.717) is 16.5 Å². The Labute approximate surface area is 185 Å². The molecule has 0 radical (unpaired) electrons. The number of hydrogen-bond acceptors (Lipinski definition) is 5. The third-order valence-electron chi connectivity index (χ3n) is 5.54. The molecule has 0 spiro atoms. The predicted molar refractivity (Wildman–Crippen MR) is 129 cm³/mol. The lowest BCUT2D eigenvalue weighted by Gasteiger charge is -2.10. The number of carbonyl (C=O) groups excluding carboxylic acids is 1. The van der Waals surface area contributed by atoms with Crippen molar-refractivity contribution in [2.75, 3.05) is 18.2 Å². The van der Waals surface area contributed by atoms with Crippen molar-refractivity contribution in [3.05, 3.63) is 71.1 Å². The van der Waals surface area contributed by atoms with Crippen molar-refractivity contribution in [3.63, 3.8) is 0 Å². The number of nitrogen functional groups attached to an aromatic ring is 1. The van der Waals surface area contributed by atoms with Crippen LogP contribution < -0.4 is 15.8 Å². The van der Waals surface area contributed by atoms with Gasteiger partial charge in [0.05, 0.1) is 18.5 Å². The number of fused-ring (bicyclic) bond motifs is 1. The molecule has 4 aromatic rings. The van der Waals surface area contributed by atoms with Gasteiger partial charge in [0, 0.05) is 16.6 Å². The van der Waals surface area contributed by atoms with Gasteiger partial charge < -0.3 is 15.8 Å². The number of thiophene rings is 1. The largest absolute Gasteiger partial charge is 0.497 e. The van der Waals surface area contributed by atoms with Gasteiger partial charge in [0.2, 0.25) is 0 Å². The summed E-state index contributed by atoms with van der Waals surface area (Å²) >= 11 is 1.31. The molecule has 0 aliphatic heterocycles. The van der Waals surface area contributed by atoms with Crippen LogP contribution in [0.1, 0.15) is 41.4 Å². The predicted octanol–water partition coefficient (Wildman–Crippen LogP) is 6.32. The highest BCUT2D eigenvalue weighted by Gasteiger charge is 2.18. The molecule has 2 aromatic heterocycles. The van der Waals surface area contributed by atoms with Crippen molar-refractivity contribution >= 4 is 38.8 Å². The fourth-order valence-corrected chi connectivity index (χ4v) is 4.40. The molecule has 3 N–H and O–H groups in total. The average molecular weight is 432 g/mol. The number of anilines is 2. The Bertz CT molecular complexity index is 1210. The number of rotatable bonds is 6. The van der Waals surface area contributed by atoms with Crippen LogP contribution in [0.3, 0.4) is 0 Å². The number of pyridine rings is 1. The van der Waals surface area contributed by atoms with Gasteiger partial charge in [-0.1, -0.05) is 26.0 Å². The van der Waals surface area contributed by atoms with Crippen LogP contribution in [0, 0.1) is 0 Å². The Morgan fingerprint density at radius 3 is 2.45 bits per heavy atom. The summed E-state index contributed by atoms with van der Waals surface area (Å²) in [5.41, 5.74) is 10.6. The van der Waals surface area contributed by atoms with Crippen LogP contribution in [0.15, 0.2) is 60.7 Å². The van der Waals surface area contributed by atoms with Crippen molar-refractivity contribution in [2.45, 2.75) is 26.2 Å². The molecule has 0 saturated carbocycles. The molecule has 2 aromatic carbocycles. The lowest BCUT2D eigenvalue weighted by atomic mass is 9.99. The van der Waals surface area contributed by atoms with Crippen molar-refractivity contribution < 1.29 is 9.53 Å². The first-order chi connectivity index (χ1) is 15.0. The van der Waals surface area contributed by atoms with Gasteiger partial charge in [-0.3, -0.25) is 4.79 Å². The Balaban J connectivity index is 1.58. The zero-order valence-electron chi connectivity index (χ0n) is 17.8. The highest BCUT2D eigenvalue weighted by Crippen LogP contribution is 2.35. The normalized spacial score (nSPS) is 12.0. The Hall–Kier alpha value is -3.38. The fourth-order valence-electron chi connectivity index (χ4n) is 3.41. The lowest BCUT2D eigenvalue weighted by Crippen LogP contribution is -2.12. The maximum absolute atomic E-state index is 12.9. The number of nitrogens with zero attached hydrogens (tertiary/aromatic N) is 1. The zero-order valence-corrected chi connectivity index (χ0v) is 18.6.